The van der Waals surface area contributed by atoms with Crippen molar-refractivity contribution in [3.8, 4) is 0 Å². The summed E-state index contributed by atoms with van der Waals surface area (Å²) in [6, 6.07) is -0.165. The molecule has 3 heterocycles. The first-order valence-corrected chi connectivity index (χ1v) is 17.0. The molecule has 10 heteroatoms. The van der Waals surface area contributed by atoms with Crippen LogP contribution in [0.5, 0.6) is 0 Å². The molecule has 258 valence electrons. The highest BCUT2D eigenvalue weighted by Crippen LogP contribution is 2.34. The van der Waals surface area contributed by atoms with Crippen LogP contribution >= 0.6 is 0 Å². The minimum Gasteiger partial charge on any atom is -0.462 e. The predicted molar refractivity (Wildman–Crippen MR) is 173 cm³/mol. The molecule has 0 aromatic heterocycles. The molecule has 11 atom stereocenters. The largest absolute Gasteiger partial charge is 0.462 e. The van der Waals surface area contributed by atoms with E-state index >= 15 is 0 Å². The Labute approximate surface area is 271 Å². The second kappa shape index (κ2) is 18.0. The van der Waals surface area contributed by atoms with Gasteiger partial charge in [0.05, 0.1) is 37.9 Å². The summed E-state index contributed by atoms with van der Waals surface area (Å²) in [5.41, 5.74) is 0.927. The van der Waals surface area contributed by atoms with Crippen molar-refractivity contribution >= 4 is 11.8 Å². The molecule has 2 saturated heterocycles. The number of esters is 1. The monoisotopic (exact) mass is 636 g/mol. The summed E-state index contributed by atoms with van der Waals surface area (Å²) >= 11 is 0. The van der Waals surface area contributed by atoms with Crippen LogP contribution in [0.1, 0.15) is 73.6 Å². The van der Waals surface area contributed by atoms with Gasteiger partial charge in [-0.1, -0.05) is 45.4 Å². The number of nitrogens with zero attached hydrogens (tertiary/aromatic N) is 2. The second-order valence-corrected chi connectivity index (χ2v) is 13.9. The molecule has 0 aromatic carbocycles. The van der Waals surface area contributed by atoms with E-state index in [2.05, 4.69) is 4.90 Å². The van der Waals surface area contributed by atoms with Gasteiger partial charge in [0.15, 0.2) is 12.1 Å². The number of ketones is 1. The molecule has 0 amide bonds. The molecule has 0 bridgehead atoms. The topological polar surface area (TPSA) is 118 Å². The Morgan fingerprint density at radius 3 is 2.38 bits per heavy atom. The van der Waals surface area contributed by atoms with Crippen LogP contribution in [0, 0.1) is 23.7 Å². The van der Waals surface area contributed by atoms with Crippen molar-refractivity contribution < 1.29 is 38.7 Å². The van der Waals surface area contributed by atoms with Gasteiger partial charge in [-0.3, -0.25) is 14.5 Å². The third kappa shape index (κ3) is 11.2. The number of aliphatic hydroxyl groups excluding tert-OH is 2. The first-order valence-electron chi connectivity index (χ1n) is 17.0. The van der Waals surface area contributed by atoms with Gasteiger partial charge in [-0.15, -0.1) is 0 Å². The van der Waals surface area contributed by atoms with E-state index in [1.54, 1.807) is 6.08 Å². The molecular formula is C35H60N2O8. The summed E-state index contributed by atoms with van der Waals surface area (Å²) in [5, 5.41) is 22.9. The van der Waals surface area contributed by atoms with Crippen molar-refractivity contribution in [1.82, 2.24) is 9.80 Å². The van der Waals surface area contributed by atoms with Gasteiger partial charge in [-0.2, -0.15) is 0 Å². The van der Waals surface area contributed by atoms with E-state index in [1.165, 1.54) is 0 Å². The van der Waals surface area contributed by atoms with Crippen LogP contribution in [-0.2, 0) is 28.5 Å². The molecule has 10 nitrogen and oxygen atoms in total. The Bertz CT molecular complexity index is 996. The quantitative estimate of drug-likeness (QED) is 0.402. The molecule has 0 aliphatic carbocycles. The Balaban J connectivity index is 1.99. The number of carbonyl (C=O) groups excluding carboxylic acids is 2. The predicted octanol–water partition coefficient (Wildman–Crippen LogP) is 3.59. The standard InChI is InChI=1S/C35H60N2O8/c1-9-31-24(4)18-22(2)10-11-29(38)23(3)19-27(12-13-37-14-16-42-17-15-37)34(26(6)30(39)21-32(40)44-31)45-35-33(41)28(36(7)8)20-25(5)43-35/h10-11,18,23-28,30-31,33-35,39,41H,9,12-17,19-21H2,1-8H3/b11-10+,22-18+/t23-,24+,25-,26+,27+,28+,30?,31-,33-,34-,35+/m1/s1. The van der Waals surface area contributed by atoms with Crippen molar-refractivity contribution in [3.05, 3.63) is 23.8 Å². The molecule has 3 aliphatic heterocycles. The Hall–Kier alpha value is -1.66. The highest BCUT2D eigenvalue weighted by molar-refractivity contribution is 5.91. The molecule has 2 fully saturated rings. The zero-order valence-electron chi connectivity index (χ0n) is 28.9. The van der Waals surface area contributed by atoms with Gasteiger partial charge in [0.2, 0.25) is 0 Å². The van der Waals surface area contributed by atoms with Crippen LogP contribution in [0.15, 0.2) is 23.8 Å². The molecular weight excluding hydrogens is 576 g/mol. The molecule has 0 radical (unpaired) electrons. The van der Waals surface area contributed by atoms with E-state index in [-0.39, 0.29) is 48.2 Å². The number of hydrogen-bond donors (Lipinski definition) is 2. The average Bonchev–Trinajstić information content (AvgIpc) is 3.00. The minimum absolute atomic E-state index is 0.0273. The van der Waals surface area contributed by atoms with E-state index in [0.29, 0.717) is 38.9 Å². The fourth-order valence-corrected chi connectivity index (χ4v) is 6.94. The van der Waals surface area contributed by atoms with E-state index < -0.39 is 36.5 Å². The number of aliphatic hydroxyl groups is 2. The van der Waals surface area contributed by atoms with Gasteiger partial charge in [0.25, 0.3) is 0 Å². The zero-order valence-corrected chi connectivity index (χ0v) is 28.9. The first kappa shape index (κ1) is 37.8. The van der Waals surface area contributed by atoms with Crippen molar-refractivity contribution in [2.24, 2.45) is 23.7 Å². The molecule has 3 aliphatic rings. The van der Waals surface area contributed by atoms with Crippen LogP contribution in [-0.4, -0.2) is 122 Å². The summed E-state index contributed by atoms with van der Waals surface area (Å²) in [5.74, 6) is -1.47. The van der Waals surface area contributed by atoms with Gasteiger partial charge in [0.1, 0.15) is 12.2 Å². The van der Waals surface area contributed by atoms with Gasteiger partial charge in [-0.25, -0.2) is 0 Å². The third-order valence-corrected chi connectivity index (χ3v) is 9.90. The van der Waals surface area contributed by atoms with E-state index in [1.807, 2.05) is 72.7 Å². The van der Waals surface area contributed by atoms with Crippen LogP contribution in [0.2, 0.25) is 0 Å². The maximum absolute atomic E-state index is 13.4. The molecule has 0 saturated carbocycles. The fraction of sp³-hybridized carbons (Fsp3) is 0.829. The maximum atomic E-state index is 13.4. The Kier molecular flexibility index (Phi) is 15.1. The van der Waals surface area contributed by atoms with Crippen molar-refractivity contribution in [2.45, 2.75) is 116 Å². The second-order valence-electron chi connectivity index (χ2n) is 13.9. The van der Waals surface area contributed by atoms with Crippen LogP contribution < -0.4 is 0 Å². The van der Waals surface area contributed by atoms with Crippen LogP contribution in [0.4, 0.5) is 0 Å². The highest BCUT2D eigenvalue weighted by Gasteiger charge is 2.43. The van der Waals surface area contributed by atoms with Gasteiger partial charge < -0.3 is 34.1 Å². The van der Waals surface area contributed by atoms with Gasteiger partial charge in [-0.05, 0) is 72.2 Å². The number of carbonyl (C=O) groups is 2. The smallest absolute Gasteiger partial charge is 0.308 e. The van der Waals surface area contributed by atoms with Crippen molar-refractivity contribution in [3.63, 3.8) is 0 Å². The lowest BCUT2D eigenvalue weighted by molar-refractivity contribution is -0.283. The van der Waals surface area contributed by atoms with Gasteiger partial charge >= 0.3 is 5.97 Å². The zero-order chi connectivity index (χ0) is 33.3. The minimum atomic E-state index is -1.06. The summed E-state index contributed by atoms with van der Waals surface area (Å²) < 4.78 is 24.3. The lowest BCUT2D eigenvalue weighted by Gasteiger charge is -2.45. The number of rotatable bonds is 7. The average molecular weight is 637 g/mol. The molecule has 0 spiro atoms. The SMILES string of the molecule is CC[C@H]1OC(=O)CC(O)[C@H](C)[C@@H](O[C@@H]2O[C@H](C)C[C@H](N(C)C)[C@H]2O)[C@@H](CCN2CCOCC2)C[C@@H](C)C(=O)/C=C/C(C)=C/[C@@H]1C. The van der Waals surface area contributed by atoms with Crippen LogP contribution in [0.25, 0.3) is 0 Å². The van der Waals surface area contributed by atoms with Crippen LogP contribution in [0.3, 0.4) is 0 Å². The number of ether oxygens (including phenoxy) is 4. The maximum Gasteiger partial charge on any atom is 0.308 e. The molecule has 1 unspecified atom stereocenters. The van der Waals surface area contributed by atoms with Crippen molar-refractivity contribution in [2.75, 3.05) is 46.9 Å². The Morgan fingerprint density at radius 1 is 1.04 bits per heavy atom. The number of cyclic esters (lactones) is 1. The van der Waals surface area contributed by atoms with E-state index in [4.69, 9.17) is 18.9 Å². The Morgan fingerprint density at radius 2 is 1.73 bits per heavy atom. The number of morpholine rings is 1. The molecule has 3 rings (SSSR count). The first-order chi connectivity index (χ1) is 21.3. The number of allylic oxidation sites excluding steroid dienone is 3. The normalized spacial score (nSPS) is 40.5. The number of likely N-dealkylation sites (N-methyl/N-ethyl adjacent to an activating group) is 1. The fourth-order valence-electron chi connectivity index (χ4n) is 6.94. The summed E-state index contributed by atoms with van der Waals surface area (Å²) in [6.45, 7) is 15.5. The molecule has 2 N–H and O–H groups in total. The summed E-state index contributed by atoms with van der Waals surface area (Å²) in [7, 11) is 3.86. The van der Waals surface area contributed by atoms with Crippen molar-refractivity contribution in [1.29, 1.82) is 0 Å². The van der Waals surface area contributed by atoms with E-state index in [0.717, 1.165) is 25.2 Å². The van der Waals surface area contributed by atoms with E-state index in [9.17, 15) is 19.8 Å². The van der Waals surface area contributed by atoms with Gasteiger partial charge in [0, 0.05) is 36.9 Å². The number of hydrogen-bond acceptors (Lipinski definition) is 10. The molecule has 45 heavy (non-hydrogen) atoms. The summed E-state index contributed by atoms with van der Waals surface area (Å²) in [4.78, 5) is 30.9. The third-order valence-electron chi connectivity index (χ3n) is 9.90. The highest BCUT2D eigenvalue weighted by atomic mass is 16.7. The lowest BCUT2D eigenvalue weighted by atomic mass is 9.79. The molecule has 0 aromatic rings. The lowest BCUT2D eigenvalue weighted by Crippen LogP contribution is -2.56. The summed E-state index contributed by atoms with van der Waals surface area (Å²) in [6.07, 6.45) is 3.85.